The van der Waals surface area contributed by atoms with Crippen LogP contribution in [0, 0.1) is 0 Å². The Morgan fingerprint density at radius 2 is 1.75 bits per heavy atom. The van der Waals surface area contributed by atoms with E-state index in [1.165, 1.54) is 30.1 Å². The van der Waals surface area contributed by atoms with Crippen molar-refractivity contribution in [3.05, 3.63) is 59.3 Å². The molecule has 1 aromatic heterocycles. The van der Waals surface area contributed by atoms with E-state index in [-0.39, 0.29) is 17.8 Å². The quantitative estimate of drug-likeness (QED) is 0.802. The number of amides is 1. The van der Waals surface area contributed by atoms with E-state index in [1.54, 1.807) is 12.1 Å². The molecule has 0 spiro atoms. The molecule has 0 N–H and O–H groups in total. The molecule has 0 atom stereocenters. The number of carbonyl (C=O) groups excluding carboxylic acids is 1. The molecule has 0 unspecified atom stereocenters. The average Bonchev–Trinajstić information content (AvgIpc) is 2.67. The number of halogens is 3. The summed E-state index contributed by atoms with van der Waals surface area (Å²) >= 11 is 0. The molecule has 0 bridgehead atoms. The Kier molecular flexibility index (Phi) is 5.88. The monoisotopic (exact) mass is 392 g/mol. The first kappa shape index (κ1) is 20.1. The minimum Gasteiger partial charge on any atom is -0.354 e. The van der Waals surface area contributed by atoms with E-state index < -0.39 is 17.6 Å². The minimum atomic E-state index is -4.46. The first-order valence-electron chi connectivity index (χ1n) is 9.07. The predicted molar refractivity (Wildman–Crippen MR) is 101 cm³/mol. The van der Waals surface area contributed by atoms with Gasteiger partial charge in [-0.25, -0.2) is 4.98 Å². The van der Waals surface area contributed by atoms with Crippen molar-refractivity contribution >= 4 is 11.7 Å². The largest absolute Gasteiger partial charge is 0.416 e. The Labute approximate surface area is 162 Å². The number of pyridine rings is 1. The smallest absolute Gasteiger partial charge is 0.354 e. The summed E-state index contributed by atoms with van der Waals surface area (Å²) in [6.07, 6.45) is -4.46. The van der Waals surface area contributed by atoms with Gasteiger partial charge in [-0.15, -0.1) is 0 Å². The van der Waals surface area contributed by atoms with E-state index in [0.717, 1.165) is 32.2 Å². The molecule has 8 heteroatoms. The van der Waals surface area contributed by atoms with Gasteiger partial charge in [-0.05, 0) is 30.8 Å². The van der Waals surface area contributed by atoms with Crippen molar-refractivity contribution in [2.75, 3.05) is 45.2 Å². The van der Waals surface area contributed by atoms with Crippen LogP contribution in [0.1, 0.15) is 21.6 Å². The predicted octanol–water partition coefficient (Wildman–Crippen LogP) is 3.12. The zero-order chi connectivity index (χ0) is 20.3. The van der Waals surface area contributed by atoms with Gasteiger partial charge in [0.1, 0.15) is 11.5 Å². The van der Waals surface area contributed by atoms with E-state index in [9.17, 15) is 18.0 Å². The summed E-state index contributed by atoms with van der Waals surface area (Å²) in [6.45, 7) is 3.31. The number of alkyl halides is 3. The second kappa shape index (κ2) is 8.18. The molecule has 150 valence electrons. The first-order chi connectivity index (χ1) is 13.3. The van der Waals surface area contributed by atoms with Gasteiger partial charge >= 0.3 is 6.18 Å². The maximum absolute atomic E-state index is 13.2. The second-order valence-corrected chi connectivity index (χ2v) is 6.99. The van der Waals surface area contributed by atoms with Gasteiger partial charge in [0.2, 0.25) is 0 Å². The maximum atomic E-state index is 13.2. The van der Waals surface area contributed by atoms with E-state index in [2.05, 4.69) is 21.8 Å². The third-order valence-electron chi connectivity index (χ3n) is 4.86. The molecular weight excluding hydrogens is 369 g/mol. The molecule has 2 heterocycles. The van der Waals surface area contributed by atoms with Crippen LogP contribution in [0.5, 0.6) is 0 Å². The van der Waals surface area contributed by atoms with Crippen molar-refractivity contribution in [1.29, 1.82) is 0 Å². The van der Waals surface area contributed by atoms with Gasteiger partial charge in [-0.3, -0.25) is 4.79 Å². The third kappa shape index (κ3) is 4.62. The Hall–Kier alpha value is -2.61. The molecule has 0 aliphatic carbocycles. The lowest BCUT2D eigenvalue weighted by molar-refractivity contribution is -0.138. The Morgan fingerprint density at radius 1 is 1.07 bits per heavy atom. The summed E-state index contributed by atoms with van der Waals surface area (Å²) in [4.78, 5) is 22.8. The van der Waals surface area contributed by atoms with Crippen LogP contribution in [0.15, 0.2) is 42.5 Å². The van der Waals surface area contributed by atoms with Gasteiger partial charge in [0.05, 0.1) is 5.56 Å². The highest BCUT2D eigenvalue weighted by molar-refractivity contribution is 5.92. The molecule has 1 fully saturated rings. The van der Waals surface area contributed by atoms with Gasteiger partial charge < -0.3 is 14.7 Å². The zero-order valence-corrected chi connectivity index (χ0v) is 15.9. The number of rotatable bonds is 4. The highest BCUT2D eigenvalue weighted by Crippen LogP contribution is 2.32. The Morgan fingerprint density at radius 3 is 2.43 bits per heavy atom. The van der Waals surface area contributed by atoms with Crippen molar-refractivity contribution in [1.82, 2.24) is 14.8 Å². The number of hydrogen-bond acceptors (Lipinski definition) is 4. The molecular formula is C20H23F3N4O. The van der Waals surface area contributed by atoms with Gasteiger partial charge in [-0.2, -0.15) is 13.2 Å². The maximum Gasteiger partial charge on any atom is 0.416 e. The van der Waals surface area contributed by atoms with Crippen molar-refractivity contribution in [3.63, 3.8) is 0 Å². The molecule has 0 radical (unpaired) electrons. The molecule has 1 saturated heterocycles. The lowest BCUT2D eigenvalue weighted by Gasteiger charge is -2.33. The van der Waals surface area contributed by atoms with E-state index in [0.29, 0.717) is 5.82 Å². The molecule has 1 aromatic carbocycles. The average molecular weight is 392 g/mol. The summed E-state index contributed by atoms with van der Waals surface area (Å²) in [5.74, 6) is 0.302. The lowest BCUT2D eigenvalue weighted by atomic mass is 10.1. The number of anilines is 1. The van der Waals surface area contributed by atoms with Crippen LogP contribution < -0.4 is 4.90 Å². The molecule has 0 saturated carbocycles. The Bertz CT molecular complexity index is 832. The second-order valence-electron chi connectivity index (χ2n) is 6.99. The fourth-order valence-electron chi connectivity index (χ4n) is 3.21. The summed E-state index contributed by atoms with van der Waals surface area (Å²) in [6, 6.07) is 10.5. The summed E-state index contributed by atoms with van der Waals surface area (Å²) in [5, 5.41) is 0. The lowest BCUT2D eigenvalue weighted by Crippen LogP contribution is -2.45. The molecule has 2 aromatic rings. The minimum absolute atomic E-state index is 0.0565. The summed E-state index contributed by atoms with van der Waals surface area (Å²) in [7, 11) is 3.54. The normalized spacial score (nSPS) is 15.5. The van der Waals surface area contributed by atoms with Crippen molar-refractivity contribution in [2.45, 2.75) is 12.7 Å². The van der Waals surface area contributed by atoms with E-state index in [4.69, 9.17) is 0 Å². The van der Waals surface area contributed by atoms with Gasteiger partial charge in [0.25, 0.3) is 5.91 Å². The molecule has 1 aliphatic heterocycles. The highest BCUT2D eigenvalue weighted by Gasteiger charge is 2.33. The van der Waals surface area contributed by atoms with Crippen LogP contribution in [-0.2, 0) is 12.7 Å². The van der Waals surface area contributed by atoms with Crippen LogP contribution in [0.4, 0.5) is 19.0 Å². The fourth-order valence-corrected chi connectivity index (χ4v) is 3.21. The summed E-state index contributed by atoms with van der Waals surface area (Å²) in [5.41, 5.74) is -0.446. The van der Waals surface area contributed by atoms with Crippen LogP contribution in [0.2, 0.25) is 0 Å². The molecule has 1 amide bonds. The third-order valence-corrected chi connectivity index (χ3v) is 4.86. The number of piperazine rings is 1. The molecule has 1 aliphatic rings. The van der Waals surface area contributed by atoms with Crippen molar-refractivity contribution in [2.24, 2.45) is 0 Å². The van der Waals surface area contributed by atoms with E-state index in [1.807, 2.05) is 6.07 Å². The number of benzene rings is 1. The first-order valence-corrected chi connectivity index (χ1v) is 9.07. The standard InChI is InChI=1S/C20H23F3N4O/c1-25-10-12-27(13-11-25)18-9-5-8-17(24-18)19(28)26(2)14-15-6-3-4-7-16(15)20(21,22)23/h3-9H,10-14H2,1-2H3. The van der Waals surface area contributed by atoms with Gasteiger partial charge in [0, 0.05) is 39.8 Å². The number of nitrogens with zero attached hydrogens (tertiary/aromatic N) is 4. The topological polar surface area (TPSA) is 39.7 Å². The van der Waals surface area contributed by atoms with Gasteiger partial charge in [0.15, 0.2) is 0 Å². The number of aromatic nitrogens is 1. The van der Waals surface area contributed by atoms with Crippen LogP contribution in [0.3, 0.4) is 0 Å². The highest BCUT2D eigenvalue weighted by atomic mass is 19.4. The molecule has 3 rings (SSSR count). The zero-order valence-electron chi connectivity index (χ0n) is 15.9. The van der Waals surface area contributed by atoms with Crippen molar-refractivity contribution < 1.29 is 18.0 Å². The summed E-state index contributed by atoms with van der Waals surface area (Å²) < 4.78 is 39.6. The number of carbonyl (C=O) groups is 1. The Balaban J connectivity index is 1.75. The van der Waals surface area contributed by atoms with Gasteiger partial charge in [-0.1, -0.05) is 24.3 Å². The van der Waals surface area contributed by atoms with E-state index >= 15 is 0 Å². The molecule has 28 heavy (non-hydrogen) atoms. The number of hydrogen-bond donors (Lipinski definition) is 0. The van der Waals surface area contributed by atoms with Crippen LogP contribution in [-0.4, -0.2) is 61.0 Å². The SMILES string of the molecule is CN1CCN(c2cccc(C(=O)N(C)Cc3ccccc3C(F)(F)F)n2)CC1. The van der Waals surface area contributed by atoms with Crippen molar-refractivity contribution in [3.8, 4) is 0 Å². The molecule has 5 nitrogen and oxygen atoms in total. The van der Waals surface area contributed by atoms with Crippen LogP contribution in [0.25, 0.3) is 0 Å². The number of likely N-dealkylation sites (N-methyl/N-ethyl adjacent to an activating group) is 1. The fraction of sp³-hybridized carbons (Fsp3) is 0.400. The van der Waals surface area contributed by atoms with Crippen LogP contribution >= 0.6 is 0 Å².